The Labute approximate surface area is 207 Å². The molecule has 1 aliphatic rings. The number of carbonyl (C=O) groups excluding carboxylic acids is 2. The van der Waals surface area contributed by atoms with Crippen LogP contribution in [0.1, 0.15) is 54.9 Å². The van der Waals surface area contributed by atoms with Crippen LogP contribution in [0.2, 0.25) is 0 Å². The van der Waals surface area contributed by atoms with Gasteiger partial charge in [0.15, 0.2) is 0 Å². The fourth-order valence-corrected chi connectivity index (χ4v) is 4.45. The highest BCUT2D eigenvalue weighted by atomic mass is 16.6. The highest BCUT2D eigenvalue weighted by molar-refractivity contribution is 5.97. The third kappa shape index (κ3) is 7.41. The second kappa shape index (κ2) is 13.3. The number of ether oxygens (including phenoxy) is 3. The Morgan fingerprint density at radius 2 is 1.74 bits per heavy atom. The van der Waals surface area contributed by atoms with Gasteiger partial charge in [0.1, 0.15) is 24.6 Å². The number of para-hydroxylation sites is 1. The molecule has 186 valence electrons. The van der Waals surface area contributed by atoms with Crippen molar-refractivity contribution in [2.75, 3.05) is 26.8 Å². The van der Waals surface area contributed by atoms with Crippen molar-refractivity contribution >= 4 is 12.0 Å². The quantitative estimate of drug-likeness (QED) is 0.390. The lowest BCUT2D eigenvalue weighted by atomic mass is 9.68. The molecule has 0 spiro atoms. The standard InChI is InChI=1S/C28H34N2O5/c1-3-19-34-20-9-18-29-27(32)35-23-14-16-28(17-15-23,22-10-5-4-6-11-22)21-30-26(31)24-12-7-8-13-25(24)33-2/h4-8,10-13,23H,9,14-18,20-21H2,1-2H3,(H,29,32)(H,30,31). The molecule has 0 bridgehead atoms. The fourth-order valence-electron chi connectivity index (χ4n) is 4.45. The number of amides is 2. The summed E-state index contributed by atoms with van der Waals surface area (Å²) in [5, 5.41) is 5.90. The third-order valence-corrected chi connectivity index (χ3v) is 6.36. The lowest BCUT2D eigenvalue weighted by Gasteiger charge is -2.40. The van der Waals surface area contributed by atoms with Gasteiger partial charge in [-0.2, -0.15) is 0 Å². The first-order valence-electron chi connectivity index (χ1n) is 12.0. The van der Waals surface area contributed by atoms with Crippen molar-refractivity contribution in [2.45, 2.75) is 50.5 Å². The van der Waals surface area contributed by atoms with Gasteiger partial charge >= 0.3 is 6.09 Å². The summed E-state index contributed by atoms with van der Waals surface area (Å²) in [6.07, 6.45) is 5.67. The van der Waals surface area contributed by atoms with E-state index in [0.29, 0.717) is 37.4 Å². The third-order valence-electron chi connectivity index (χ3n) is 6.36. The van der Waals surface area contributed by atoms with Gasteiger partial charge < -0.3 is 24.8 Å². The Kier molecular flexibility index (Phi) is 9.85. The van der Waals surface area contributed by atoms with Crippen LogP contribution in [-0.4, -0.2) is 44.9 Å². The number of methoxy groups -OCH3 is 1. The molecule has 2 aromatic carbocycles. The lowest BCUT2D eigenvalue weighted by Crippen LogP contribution is -2.45. The van der Waals surface area contributed by atoms with Crippen LogP contribution >= 0.6 is 0 Å². The van der Waals surface area contributed by atoms with Gasteiger partial charge in [-0.1, -0.05) is 48.4 Å². The van der Waals surface area contributed by atoms with Crippen LogP contribution in [0.3, 0.4) is 0 Å². The summed E-state index contributed by atoms with van der Waals surface area (Å²) in [5.74, 6) is 3.04. The summed E-state index contributed by atoms with van der Waals surface area (Å²) in [6, 6.07) is 17.4. The normalized spacial score (nSPS) is 19.0. The Hall–Kier alpha value is -3.66. The maximum absolute atomic E-state index is 12.9. The van der Waals surface area contributed by atoms with Gasteiger partial charge in [-0.15, -0.1) is 0 Å². The van der Waals surface area contributed by atoms with Gasteiger partial charge in [-0.3, -0.25) is 4.79 Å². The molecule has 7 heteroatoms. The van der Waals surface area contributed by atoms with E-state index in [4.69, 9.17) is 14.2 Å². The van der Waals surface area contributed by atoms with E-state index in [0.717, 1.165) is 25.7 Å². The summed E-state index contributed by atoms with van der Waals surface area (Å²) in [4.78, 5) is 25.1. The molecule has 0 atom stereocenters. The van der Waals surface area contributed by atoms with E-state index in [9.17, 15) is 9.59 Å². The molecule has 7 nitrogen and oxygen atoms in total. The van der Waals surface area contributed by atoms with Crippen molar-refractivity contribution in [1.82, 2.24) is 10.6 Å². The molecule has 0 saturated heterocycles. The SMILES string of the molecule is CC#COCCCNC(=O)OC1CCC(CNC(=O)c2ccccc2OC)(c2ccccc2)CC1. The van der Waals surface area contributed by atoms with E-state index in [1.165, 1.54) is 5.56 Å². The van der Waals surface area contributed by atoms with Crippen LogP contribution in [-0.2, 0) is 14.9 Å². The highest BCUT2D eigenvalue weighted by Crippen LogP contribution is 2.40. The molecule has 35 heavy (non-hydrogen) atoms. The zero-order valence-electron chi connectivity index (χ0n) is 20.5. The van der Waals surface area contributed by atoms with E-state index in [1.807, 2.05) is 30.3 Å². The zero-order chi connectivity index (χ0) is 24.9. The minimum Gasteiger partial charge on any atom is -0.496 e. The molecule has 0 aliphatic heterocycles. The maximum atomic E-state index is 12.9. The summed E-state index contributed by atoms with van der Waals surface area (Å²) in [5.41, 5.74) is 1.46. The summed E-state index contributed by atoms with van der Waals surface area (Å²) in [7, 11) is 1.56. The van der Waals surface area contributed by atoms with Gasteiger partial charge in [-0.05, 0) is 49.8 Å². The van der Waals surface area contributed by atoms with Gasteiger partial charge in [-0.25, -0.2) is 4.79 Å². The molecule has 0 heterocycles. The van der Waals surface area contributed by atoms with Gasteiger partial charge in [0, 0.05) is 25.4 Å². The number of alkyl carbamates (subject to hydrolysis) is 1. The molecule has 1 aliphatic carbocycles. The second-order valence-electron chi connectivity index (χ2n) is 8.61. The number of rotatable bonds is 10. The van der Waals surface area contributed by atoms with Crippen LogP contribution in [0.5, 0.6) is 5.75 Å². The van der Waals surface area contributed by atoms with E-state index >= 15 is 0 Å². The summed E-state index contributed by atoms with van der Waals surface area (Å²) in [6.45, 7) is 3.14. The molecule has 0 aromatic heterocycles. The minimum atomic E-state index is -0.409. The minimum absolute atomic E-state index is 0.154. The Morgan fingerprint density at radius 1 is 1.03 bits per heavy atom. The van der Waals surface area contributed by atoms with Crippen molar-refractivity contribution in [3.05, 3.63) is 65.7 Å². The topological polar surface area (TPSA) is 85.9 Å². The zero-order valence-corrected chi connectivity index (χ0v) is 20.5. The smallest absolute Gasteiger partial charge is 0.407 e. The molecule has 1 fully saturated rings. The monoisotopic (exact) mass is 478 g/mol. The first-order valence-corrected chi connectivity index (χ1v) is 12.0. The van der Waals surface area contributed by atoms with Crippen molar-refractivity contribution in [1.29, 1.82) is 0 Å². The number of hydrogen-bond donors (Lipinski definition) is 2. The molecule has 0 radical (unpaired) electrons. The molecular formula is C28H34N2O5. The Balaban J connectivity index is 1.57. The van der Waals surface area contributed by atoms with Crippen LogP contribution in [0.15, 0.2) is 54.6 Å². The summed E-state index contributed by atoms with van der Waals surface area (Å²) >= 11 is 0. The Bertz CT molecular complexity index is 1020. The lowest BCUT2D eigenvalue weighted by molar-refractivity contribution is 0.0563. The average molecular weight is 479 g/mol. The van der Waals surface area contributed by atoms with Crippen molar-refractivity contribution in [3.8, 4) is 17.8 Å². The molecular weight excluding hydrogens is 444 g/mol. The van der Waals surface area contributed by atoms with Crippen molar-refractivity contribution in [3.63, 3.8) is 0 Å². The van der Waals surface area contributed by atoms with E-state index in [1.54, 1.807) is 26.2 Å². The molecule has 2 aromatic rings. The Morgan fingerprint density at radius 3 is 2.46 bits per heavy atom. The number of hydrogen-bond acceptors (Lipinski definition) is 5. The molecule has 2 amide bonds. The molecule has 3 rings (SSSR count). The number of nitrogens with one attached hydrogen (secondary N) is 2. The van der Waals surface area contributed by atoms with Crippen LogP contribution in [0, 0.1) is 12.0 Å². The predicted octanol–water partition coefficient (Wildman–Crippen LogP) is 4.42. The largest absolute Gasteiger partial charge is 0.496 e. The van der Waals surface area contributed by atoms with Crippen LogP contribution < -0.4 is 15.4 Å². The van der Waals surface area contributed by atoms with Crippen molar-refractivity contribution < 1.29 is 23.8 Å². The first kappa shape index (κ1) is 26.0. The van der Waals surface area contributed by atoms with E-state index in [-0.39, 0.29) is 17.4 Å². The maximum Gasteiger partial charge on any atom is 0.407 e. The highest BCUT2D eigenvalue weighted by Gasteiger charge is 2.38. The van der Waals surface area contributed by atoms with Gasteiger partial charge in [0.05, 0.1) is 12.7 Å². The van der Waals surface area contributed by atoms with Crippen LogP contribution in [0.25, 0.3) is 0 Å². The second-order valence-corrected chi connectivity index (χ2v) is 8.61. The number of carbonyl (C=O) groups is 2. The molecule has 1 saturated carbocycles. The molecule has 2 N–H and O–H groups in total. The van der Waals surface area contributed by atoms with Crippen LogP contribution in [0.4, 0.5) is 4.79 Å². The van der Waals surface area contributed by atoms with Crippen molar-refractivity contribution in [2.24, 2.45) is 0 Å². The van der Waals surface area contributed by atoms with Gasteiger partial charge in [0.2, 0.25) is 0 Å². The average Bonchev–Trinajstić information content (AvgIpc) is 2.90. The number of benzene rings is 2. The van der Waals surface area contributed by atoms with Gasteiger partial charge in [0.25, 0.3) is 5.91 Å². The van der Waals surface area contributed by atoms with E-state index in [2.05, 4.69) is 34.8 Å². The first-order chi connectivity index (χ1) is 17.1. The summed E-state index contributed by atoms with van der Waals surface area (Å²) < 4.78 is 16.1. The predicted molar refractivity (Wildman–Crippen MR) is 134 cm³/mol. The van der Waals surface area contributed by atoms with E-state index < -0.39 is 6.09 Å². The molecule has 0 unspecified atom stereocenters. The fraction of sp³-hybridized carbons (Fsp3) is 0.429.